The Balaban J connectivity index is 2.38. The van der Waals surface area contributed by atoms with Gasteiger partial charge >= 0.3 is 6.16 Å². The molecule has 0 aliphatic carbocycles. The average molecular weight is 436 g/mol. The molecule has 0 spiro atoms. The van der Waals surface area contributed by atoms with Crippen LogP contribution >= 0.6 is 0 Å². The molecule has 1 aromatic heterocycles. The summed E-state index contributed by atoms with van der Waals surface area (Å²) in [5.74, 6) is 0. The first-order valence-corrected chi connectivity index (χ1v) is 10.6. The number of non-ortho nitro benzene ring substituents is 1. The number of fused-ring (bicyclic) bond motifs is 1. The van der Waals surface area contributed by atoms with Crippen molar-refractivity contribution in [3.05, 3.63) is 40.1 Å². The number of rotatable bonds is 10. The lowest BCUT2D eigenvalue weighted by Gasteiger charge is -2.29. The van der Waals surface area contributed by atoms with Crippen molar-refractivity contribution in [1.29, 1.82) is 0 Å². The van der Waals surface area contributed by atoms with Crippen LogP contribution in [0.4, 0.5) is 10.5 Å². The maximum Gasteiger partial charge on any atom is 0.528 e. The summed E-state index contributed by atoms with van der Waals surface area (Å²) in [5, 5.41) is 23.7. The van der Waals surface area contributed by atoms with Gasteiger partial charge in [0.2, 0.25) is 0 Å². The zero-order chi connectivity index (χ0) is 23.2. The van der Waals surface area contributed by atoms with Crippen LogP contribution in [0, 0.1) is 10.1 Å². The molecule has 0 fully saturated rings. The van der Waals surface area contributed by atoms with E-state index in [4.69, 9.17) is 9.57 Å². The molecule has 0 radical (unpaired) electrons. The van der Waals surface area contributed by atoms with E-state index in [9.17, 15) is 20.0 Å². The third-order valence-electron chi connectivity index (χ3n) is 4.89. The van der Waals surface area contributed by atoms with Crippen LogP contribution in [0.5, 0.6) is 0 Å². The Morgan fingerprint density at radius 3 is 2.58 bits per heavy atom. The molecule has 0 aliphatic heterocycles. The summed E-state index contributed by atoms with van der Waals surface area (Å²) in [7, 11) is 0. The van der Waals surface area contributed by atoms with E-state index in [1.165, 1.54) is 11.1 Å². The molecular weight excluding hydrogens is 402 g/mol. The zero-order valence-electron chi connectivity index (χ0n) is 19.0. The molecule has 0 aliphatic rings. The summed E-state index contributed by atoms with van der Waals surface area (Å²) in [6.07, 6.45) is 2.91. The van der Waals surface area contributed by atoms with Crippen LogP contribution in [0.2, 0.25) is 0 Å². The normalized spacial score (nSPS) is 12.9. The minimum absolute atomic E-state index is 0.0181. The fraction of sp³-hybridized carbons (Fsp3) is 0.591. The Hall–Kier alpha value is -2.65. The number of aliphatic hydroxyl groups excluding tert-OH is 1. The van der Waals surface area contributed by atoms with Crippen LogP contribution in [-0.4, -0.2) is 50.6 Å². The second-order valence-electron chi connectivity index (χ2n) is 8.46. The van der Waals surface area contributed by atoms with Crippen LogP contribution < -0.4 is 0 Å². The summed E-state index contributed by atoms with van der Waals surface area (Å²) in [5.41, 5.74) is 0.788. The first kappa shape index (κ1) is 24.6. The molecule has 0 saturated heterocycles. The number of aliphatic hydroxyl groups is 1. The van der Waals surface area contributed by atoms with Gasteiger partial charge in [-0.05, 0) is 52.2 Å². The lowest BCUT2D eigenvalue weighted by Crippen LogP contribution is -2.42. The number of ether oxygens (including phenoxy) is 1. The molecule has 0 unspecified atom stereocenters. The van der Waals surface area contributed by atoms with Crippen LogP contribution in [0.15, 0.2) is 24.4 Å². The van der Waals surface area contributed by atoms with Crippen molar-refractivity contribution in [1.82, 2.24) is 9.63 Å². The van der Waals surface area contributed by atoms with Crippen molar-refractivity contribution in [2.45, 2.75) is 72.1 Å². The molecule has 0 bridgehead atoms. The first-order chi connectivity index (χ1) is 14.6. The van der Waals surface area contributed by atoms with E-state index in [1.807, 2.05) is 30.7 Å². The van der Waals surface area contributed by atoms with Gasteiger partial charge in [-0.25, -0.2) is 4.79 Å². The summed E-state index contributed by atoms with van der Waals surface area (Å²) in [6.45, 7) is 9.98. The molecule has 0 amide bonds. The molecule has 2 aromatic rings. The number of aromatic nitrogens is 1. The van der Waals surface area contributed by atoms with E-state index >= 15 is 0 Å². The second kappa shape index (κ2) is 10.6. The Labute approximate surface area is 182 Å². The molecule has 9 nitrogen and oxygen atoms in total. The lowest BCUT2D eigenvalue weighted by atomic mass is 10.0. The number of hydrogen-bond acceptors (Lipinski definition) is 7. The van der Waals surface area contributed by atoms with E-state index < -0.39 is 22.7 Å². The van der Waals surface area contributed by atoms with Crippen molar-refractivity contribution >= 4 is 22.7 Å². The van der Waals surface area contributed by atoms with E-state index in [2.05, 4.69) is 0 Å². The number of benzene rings is 1. The van der Waals surface area contributed by atoms with Gasteiger partial charge in [0.15, 0.2) is 0 Å². The molecule has 1 aromatic carbocycles. The summed E-state index contributed by atoms with van der Waals surface area (Å²) >= 11 is 0. The monoisotopic (exact) mass is 435 g/mol. The van der Waals surface area contributed by atoms with Crippen LogP contribution in [-0.2, 0) is 22.5 Å². The molecule has 0 saturated carbocycles. The topological polar surface area (TPSA) is 107 Å². The number of nitrogens with zero attached hydrogens (tertiary/aromatic N) is 3. The largest absolute Gasteiger partial charge is 0.528 e. The highest BCUT2D eigenvalue weighted by atomic mass is 16.8. The number of nitro groups is 1. The van der Waals surface area contributed by atoms with Gasteiger partial charge in [-0.1, -0.05) is 19.4 Å². The molecular formula is C22H33N3O6. The fourth-order valence-electron chi connectivity index (χ4n) is 3.48. The minimum atomic E-state index is -0.843. The lowest BCUT2D eigenvalue weighted by molar-refractivity contribution is -0.383. The third kappa shape index (κ3) is 6.41. The van der Waals surface area contributed by atoms with Crippen LogP contribution in [0.3, 0.4) is 0 Å². The first-order valence-electron chi connectivity index (χ1n) is 10.6. The Morgan fingerprint density at radius 2 is 2.03 bits per heavy atom. The van der Waals surface area contributed by atoms with Gasteiger partial charge in [-0.2, -0.15) is 0 Å². The summed E-state index contributed by atoms with van der Waals surface area (Å²) < 4.78 is 7.20. The SMILES string of the molecule is CCCCN(OC(=O)OC(C)(C)C)[C@H](CO)Cc1cn(CC)c2cccc([N+](=O)[O-])c12. The van der Waals surface area contributed by atoms with Gasteiger partial charge in [0.25, 0.3) is 5.69 Å². The maximum absolute atomic E-state index is 12.3. The predicted molar refractivity (Wildman–Crippen MR) is 118 cm³/mol. The van der Waals surface area contributed by atoms with Gasteiger partial charge in [0.1, 0.15) is 5.60 Å². The Morgan fingerprint density at radius 1 is 1.32 bits per heavy atom. The Bertz CT molecular complexity index is 903. The quantitative estimate of drug-likeness (QED) is 0.334. The number of carbonyl (C=O) groups is 1. The highest BCUT2D eigenvalue weighted by Crippen LogP contribution is 2.32. The van der Waals surface area contributed by atoms with Crippen molar-refractivity contribution in [3.8, 4) is 0 Å². The van der Waals surface area contributed by atoms with Crippen LogP contribution in [0.1, 0.15) is 53.0 Å². The highest BCUT2D eigenvalue weighted by Gasteiger charge is 2.28. The van der Waals surface area contributed by atoms with Gasteiger partial charge in [-0.15, -0.1) is 5.06 Å². The van der Waals surface area contributed by atoms with Crippen molar-refractivity contribution in [2.24, 2.45) is 0 Å². The number of unbranched alkanes of at least 4 members (excludes halogenated alkanes) is 1. The standard InChI is InChI=1S/C22H33N3O6/c1-6-8-12-24(31-21(27)30-22(3,4)5)17(15-26)13-16-14-23(7-2)18-10-9-11-19(20(16)18)25(28)29/h9-11,14,17,26H,6-8,12-13,15H2,1-5H3/t17-/m0/s1. The molecule has 1 atom stereocenters. The number of hydrogen-bond donors (Lipinski definition) is 1. The van der Waals surface area contributed by atoms with E-state index in [-0.39, 0.29) is 18.7 Å². The number of hydroxylamine groups is 2. The van der Waals surface area contributed by atoms with Crippen molar-refractivity contribution in [2.75, 3.05) is 13.2 Å². The smallest absolute Gasteiger partial charge is 0.427 e. The number of carbonyl (C=O) groups excluding carboxylic acids is 1. The molecule has 2 rings (SSSR count). The van der Waals surface area contributed by atoms with Gasteiger partial charge < -0.3 is 19.2 Å². The fourth-order valence-corrected chi connectivity index (χ4v) is 3.48. The van der Waals surface area contributed by atoms with Crippen molar-refractivity contribution < 1.29 is 24.4 Å². The van der Waals surface area contributed by atoms with E-state index in [1.54, 1.807) is 26.8 Å². The van der Waals surface area contributed by atoms with Gasteiger partial charge in [0.05, 0.1) is 28.5 Å². The second-order valence-corrected chi connectivity index (χ2v) is 8.46. The molecule has 1 heterocycles. The van der Waals surface area contributed by atoms with Gasteiger partial charge in [0, 0.05) is 25.4 Å². The van der Waals surface area contributed by atoms with E-state index in [0.717, 1.165) is 23.9 Å². The Kier molecular flexibility index (Phi) is 8.41. The maximum atomic E-state index is 12.3. The summed E-state index contributed by atoms with van der Waals surface area (Å²) in [4.78, 5) is 28.9. The van der Waals surface area contributed by atoms with Crippen molar-refractivity contribution in [3.63, 3.8) is 0 Å². The minimum Gasteiger partial charge on any atom is -0.427 e. The average Bonchev–Trinajstić information content (AvgIpc) is 3.05. The number of aryl methyl sites for hydroxylation is 1. The molecule has 172 valence electrons. The summed E-state index contributed by atoms with van der Waals surface area (Å²) in [6, 6.07) is 4.41. The van der Waals surface area contributed by atoms with Crippen LogP contribution in [0.25, 0.3) is 10.9 Å². The highest BCUT2D eigenvalue weighted by molar-refractivity contribution is 5.92. The van der Waals surface area contributed by atoms with Gasteiger partial charge in [-0.3, -0.25) is 10.1 Å². The molecule has 31 heavy (non-hydrogen) atoms. The predicted octanol–water partition coefficient (Wildman–Crippen LogP) is 4.44. The van der Waals surface area contributed by atoms with E-state index in [0.29, 0.717) is 18.5 Å². The zero-order valence-corrected chi connectivity index (χ0v) is 19.0. The third-order valence-corrected chi connectivity index (χ3v) is 4.89. The number of nitro benzene ring substituents is 1. The molecule has 9 heteroatoms. The molecule has 1 N–H and O–H groups in total.